The summed E-state index contributed by atoms with van der Waals surface area (Å²) in [6.45, 7) is 10.2. The van der Waals surface area contributed by atoms with Gasteiger partial charge in [-0.25, -0.2) is 4.99 Å². The minimum atomic E-state index is 0. The van der Waals surface area contributed by atoms with E-state index in [0.717, 1.165) is 55.9 Å². The highest BCUT2D eigenvalue weighted by Gasteiger charge is 2.20. The first-order valence-electron chi connectivity index (χ1n) is 9.25. The molecular weight excluding hydrogens is 441 g/mol. The van der Waals surface area contributed by atoms with Gasteiger partial charge in [-0.05, 0) is 38.2 Å². The van der Waals surface area contributed by atoms with Crippen molar-refractivity contribution in [3.8, 4) is 5.75 Å². The van der Waals surface area contributed by atoms with Crippen LogP contribution >= 0.6 is 24.0 Å². The average Bonchev–Trinajstić information content (AvgIpc) is 3.45. The van der Waals surface area contributed by atoms with Crippen molar-refractivity contribution in [3.63, 3.8) is 0 Å². The number of rotatable bonds is 12. The van der Waals surface area contributed by atoms with E-state index in [4.69, 9.17) is 9.47 Å². The molecule has 1 fully saturated rings. The minimum Gasteiger partial charge on any atom is -0.489 e. The summed E-state index contributed by atoms with van der Waals surface area (Å²) in [7, 11) is 0. The number of guanidine groups is 1. The quantitative estimate of drug-likeness (QED) is 0.160. The van der Waals surface area contributed by atoms with E-state index in [9.17, 15) is 0 Å². The molecule has 0 spiro atoms. The minimum absolute atomic E-state index is 0. The number of halogens is 1. The van der Waals surface area contributed by atoms with Crippen LogP contribution in [0.4, 0.5) is 0 Å². The van der Waals surface area contributed by atoms with Crippen LogP contribution in [0.2, 0.25) is 0 Å². The van der Waals surface area contributed by atoms with E-state index in [2.05, 4.69) is 29.1 Å². The van der Waals surface area contributed by atoms with Gasteiger partial charge in [0.2, 0.25) is 0 Å². The van der Waals surface area contributed by atoms with E-state index < -0.39 is 0 Å². The number of aliphatic imine (C=N–C) groups is 1. The largest absolute Gasteiger partial charge is 0.489 e. The highest BCUT2D eigenvalue weighted by atomic mass is 127. The molecule has 1 aliphatic carbocycles. The summed E-state index contributed by atoms with van der Waals surface area (Å²) in [6, 6.07) is 7.98. The fourth-order valence-electron chi connectivity index (χ4n) is 2.35. The van der Waals surface area contributed by atoms with Crippen LogP contribution in [0.25, 0.3) is 0 Å². The van der Waals surface area contributed by atoms with Gasteiger partial charge in [0.25, 0.3) is 0 Å². The zero-order valence-corrected chi connectivity index (χ0v) is 18.0. The molecule has 6 heteroatoms. The lowest BCUT2D eigenvalue weighted by atomic mass is 10.2. The second-order valence-electron chi connectivity index (χ2n) is 6.20. The van der Waals surface area contributed by atoms with Crippen LogP contribution in [0.1, 0.15) is 31.7 Å². The lowest BCUT2D eigenvalue weighted by Crippen LogP contribution is -2.38. The Morgan fingerprint density at radius 3 is 2.85 bits per heavy atom. The Balaban J connectivity index is 0.00000338. The van der Waals surface area contributed by atoms with E-state index in [1.54, 1.807) is 6.08 Å². The molecule has 0 saturated heterocycles. The van der Waals surface area contributed by atoms with Crippen LogP contribution in [-0.2, 0) is 11.3 Å². The molecule has 1 aliphatic rings. The summed E-state index contributed by atoms with van der Waals surface area (Å²) in [6.07, 6.45) is 5.41. The van der Waals surface area contributed by atoms with Gasteiger partial charge >= 0.3 is 0 Å². The van der Waals surface area contributed by atoms with Gasteiger partial charge in [0.15, 0.2) is 5.96 Å². The van der Waals surface area contributed by atoms with Gasteiger partial charge in [-0.2, -0.15) is 0 Å². The van der Waals surface area contributed by atoms with Crippen LogP contribution < -0.4 is 15.4 Å². The molecule has 5 nitrogen and oxygen atoms in total. The van der Waals surface area contributed by atoms with Gasteiger partial charge in [-0.1, -0.05) is 30.9 Å². The molecule has 0 heterocycles. The Hall–Kier alpha value is -1.28. The average molecular weight is 473 g/mol. The predicted octanol–water partition coefficient (Wildman–Crippen LogP) is 3.74. The zero-order chi connectivity index (χ0) is 17.7. The van der Waals surface area contributed by atoms with E-state index in [0.29, 0.717) is 13.2 Å². The molecule has 1 aromatic rings. The standard InChI is InChI=1S/C20H31N3O2.HI/c1-3-13-25-19-9-6-5-8-18(19)15-23-20(21-4-2)22-12-7-14-24-16-17-10-11-17;/h3,5-6,8-9,17H,1,4,7,10-16H2,2H3,(H2,21,22,23);1H. The van der Waals surface area contributed by atoms with Crippen LogP contribution in [0, 0.1) is 5.92 Å². The normalized spacial score (nSPS) is 13.7. The molecule has 0 bridgehead atoms. The Morgan fingerprint density at radius 2 is 2.12 bits per heavy atom. The van der Waals surface area contributed by atoms with Gasteiger partial charge in [-0.3, -0.25) is 0 Å². The van der Waals surface area contributed by atoms with Gasteiger partial charge < -0.3 is 20.1 Å². The number of hydrogen-bond donors (Lipinski definition) is 2. The molecule has 146 valence electrons. The summed E-state index contributed by atoms with van der Waals surface area (Å²) < 4.78 is 11.3. The van der Waals surface area contributed by atoms with E-state index >= 15 is 0 Å². The Morgan fingerprint density at radius 1 is 1.31 bits per heavy atom. The molecule has 2 N–H and O–H groups in total. The van der Waals surface area contributed by atoms with Crippen LogP contribution in [0.5, 0.6) is 5.75 Å². The maximum absolute atomic E-state index is 5.68. The molecule has 0 aliphatic heterocycles. The first-order valence-corrected chi connectivity index (χ1v) is 9.25. The molecule has 0 atom stereocenters. The second-order valence-corrected chi connectivity index (χ2v) is 6.20. The second kappa shape index (κ2) is 13.9. The molecule has 1 aromatic carbocycles. The summed E-state index contributed by atoms with van der Waals surface area (Å²) in [5.41, 5.74) is 1.06. The number of nitrogens with one attached hydrogen (secondary N) is 2. The van der Waals surface area contributed by atoms with E-state index in [1.807, 2.05) is 24.3 Å². The fraction of sp³-hybridized carbons (Fsp3) is 0.550. The molecule has 0 unspecified atom stereocenters. The third-order valence-corrected chi connectivity index (χ3v) is 3.89. The number of para-hydroxylation sites is 1. The van der Waals surface area contributed by atoms with Crippen molar-refractivity contribution in [2.75, 3.05) is 32.9 Å². The summed E-state index contributed by atoms with van der Waals surface area (Å²) in [5, 5.41) is 6.63. The monoisotopic (exact) mass is 473 g/mol. The van der Waals surface area contributed by atoms with Gasteiger partial charge in [0, 0.05) is 31.9 Å². The predicted molar refractivity (Wildman–Crippen MR) is 119 cm³/mol. The van der Waals surface area contributed by atoms with Gasteiger partial charge in [0.1, 0.15) is 12.4 Å². The lowest BCUT2D eigenvalue weighted by Gasteiger charge is -2.12. The Bertz CT molecular complexity index is 548. The van der Waals surface area contributed by atoms with Crippen molar-refractivity contribution in [1.29, 1.82) is 0 Å². The van der Waals surface area contributed by atoms with Crippen molar-refractivity contribution in [1.82, 2.24) is 10.6 Å². The topological polar surface area (TPSA) is 54.9 Å². The third kappa shape index (κ3) is 9.43. The van der Waals surface area contributed by atoms with Crippen LogP contribution in [-0.4, -0.2) is 38.9 Å². The van der Waals surface area contributed by atoms with Crippen molar-refractivity contribution in [3.05, 3.63) is 42.5 Å². The van der Waals surface area contributed by atoms with Crippen molar-refractivity contribution >= 4 is 29.9 Å². The zero-order valence-electron chi connectivity index (χ0n) is 15.7. The lowest BCUT2D eigenvalue weighted by molar-refractivity contribution is 0.123. The summed E-state index contributed by atoms with van der Waals surface area (Å²) in [4.78, 5) is 4.66. The van der Waals surface area contributed by atoms with Crippen LogP contribution in [0.3, 0.4) is 0 Å². The molecule has 2 rings (SSSR count). The van der Waals surface area contributed by atoms with Crippen molar-refractivity contribution in [2.45, 2.75) is 32.7 Å². The molecule has 0 aromatic heterocycles. The number of nitrogens with zero attached hydrogens (tertiary/aromatic N) is 1. The number of hydrogen-bond acceptors (Lipinski definition) is 3. The summed E-state index contributed by atoms with van der Waals surface area (Å²) >= 11 is 0. The van der Waals surface area contributed by atoms with Gasteiger partial charge in [-0.15, -0.1) is 24.0 Å². The van der Waals surface area contributed by atoms with E-state index in [-0.39, 0.29) is 24.0 Å². The Kier molecular flexibility index (Phi) is 12.1. The van der Waals surface area contributed by atoms with E-state index in [1.165, 1.54) is 12.8 Å². The first kappa shape index (κ1) is 22.8. The maximum atomic E-state index is 5.68. The highest BCUT2D eigenvalue weighted by Crippen LogP contribution is 2.28. The fourth-order valence-corrected chi connectivity index (χ4v) is 2.35. The first-order chi connectivity index (χ1) is 12.3. The maximum Gasteiger partial charge on any atom is 0.191 e. The highest BCUT2D eigenvalue weighted by molar-refractivity contribution is 14.0. The number of ether oxygens (including phenoxy) is 2. The van der Waals surface area contributed by atoms with Crippen molar-refractivity contribution in [2.24, 2.45) is 10.9 Å². The molecule has 0 amide bonds. The van der Waals surface area contributed by atoms with Crippen LogP contribution in [0.15, 0.2) is 41.9 Å². The SMILES string of the molecule is C=CCOc1ccccc1CN=C(NCC)NCCCOCC1CC1.I. The summed E-state index contributed by atoms with van der Waals surface area (Å²) in [5.74, 6) is 2.51. The molecule has 0 radical (unpaired) electrons. The molecular formula is C20H32IN3O2. The Labute approximate surface area is 174 Å². The molecule has 26 heavy (non-hydrogen) atoms. The third-order valence-electron chi connectivity index (χ3n) is 3.89. The smallest absolute Gasteiger partial charge is 0.191 e. The molecule has 1 saturated carbocycles. The van der Waals surface area contributed by atoms with Gasteiger partial charge in [0.05, 0.1) is 6.54 Å². The van der Waals surface area contributed by atoms with Crippen molar-refractivity contribution < 1.29 is 9.47 Å². The number of benzene rings is 1.